The van der Waals surface area contributed by atoms with Gasteiger partial charge in [0.1, 0.15) is 0 Å². The van der Waals surface area contributed by atoms with Crippen LogP contribution in [-0.4, -0.2) is 30.3 Å². The van der Waals surface area contributed by atoms with Crippen molar-refractivity contribution in [1.82, 2.24) is 24.4 Å². The van der Waals surface area contributed by atoms with Gasteiger partial charge in [-0.1, -0.05) is 35.0 Å². The van der Waals surface area contributed by atoms with Gasteiger partial charge in [-0.05, 0) is 43.3 Å². The molecular formula is C18H13ClN6OS. The maximum atomic E-state index is 12.3. The van der Waals surface area contributed by atoms with Gasteiger partial charge in [0.05, 0.1) is 11.4 Å². The highest BCUT2D eigenvalue weighted by atomic mass is 35.5. The molecule has 0 fully saturated rings. The lowest BCUT2D eigenvalue weighted by atomic mass is 10.2. The fourth-order valence-electron chi connectivity index (χ4n) is 2.49. The van der Waals surface area contributed by atoms with Crippen LogP contribution in [0.25, 0.3) is 17.2 Å². The van der Waals surface area contributed by atoms with Gasteiger partial charge in [-0.25, -0.2) is 4.68 Å². The van der Waals surface area contributed by atoms with E-state index in [0.29, 0.717) is 27.2 Å². The van der Waals surface area contributed by atoms with Crippen molar-refractivity contribution in [1.29, 1.82) is 0 Å². The van der Waals surface area contributed by atoms with Crippen molar-refractivity contribution in [2.24, 2.45) is 0 Å². The zero-order valence-electron chi connectivity index (χ0n) is 14.1. The SMILES string of the molecule is Cc1c(-c2nsc(NC(=O)c3ccc(Cl)cc3)n2)nnn1-c1ccccc1. The highest BCUT2D eigenvalue weighted by Crippen LogP contribution is 2.24. The van der Waals surface area contributed by atoms with Crippen molar-refractivity contribution in [3.05, 3.63) is 70.9 Å². The van der Waals surface area contributed by atoms with Gasteiger partial charge in [0.15, 0.2) is 11.5 Å². The van der Waals surface area contributed by atoms with Gasteiger partial charge in [0.25, 0.3) is 5.91 Å². The summed E-state index contributed by atoms with van der Waals surface area (Å²) in [5.74, 6) is 0.144. The summed E-state index contributed by atoms with van der Waals surface area (Å²) in [5, 5.41) is 12.1. The Kier molecular flexibility index (Phi) is 4.66. The summed E-state index contributed by atoms with van der Waals surface area (Å²) < 4.78 is 6.02. The third-order valence-corrected chi connectivity index (χ3v) is 4.74. The molecule has 134 valence electrons. The number of benzene rings is 2. The van der Waals surface area contributed by atoms with Gasteiger partial charge in [-0.2, -0.15) is 9.36 Å². The summed E-state index contributed by atoms with van der Waals surface area (Å²) in [5.41, 5.74) is 2.78. The topological polar surface area (TPSA) is 85.6 Å². The maximum Gasteiger partial charge on any atom is 0.257 e. The molecule has 4 aromatic rings. The summed E-state index contributed by atoms with van der Waals surface area (Å²) in [6.45, 7) is 1.90. The second-order valence-corrected chi connectivity index (χ2v) is 6.84. The number of hydrogen-bond donors (Lipinski definition) is 1. The van der Waals surface area contributed by atoms with Crippen LogP contribution in [0.1, 0.15) is 16.1 Å². The number of hydrogen-bond acceptors (Lipinski definition) is 6. The molecular weight excluding hydrogens is 384 g/mol. The maximum absolute atomic E-state index is 12.3. The first-order valence-electron chi connectivity index (χ1n) is 8.00. The van der Waals surface area contributed by atoms with E-state index in [2.05, 4.69) is 25.0 Å². The van der Waals surface area contributed by atoms with Gasteiger partial charge in [0.2, 0.25) is 5.13 Å². The predicted molar refractivity (Wildman–Crippen MR) is 104 cm³/mol. The highest BCUT2D eigenvalue weighted by Gasteiger charge is 2.17. The van der Waals surface area contributed by atoms with Crippen LogP contribution in [-0.2, 0) is 0 Å². The number of aromatic nitrogens is 5. The van der Waals surface area contributed by atoms with E-state index >= 15 is 0 Å². The van der Waals surface area contributed by atoms with Gasteiger partial charge in [-0.3, -0.25) is 10.1 Å². The molecule has 0 radical (unpaired) electrons. The Labute approximate surface area is 163 Å². The van der Waals surface area contributed by atoms with Crippen LogP contribution in [0, 0.1) is 6.92 Å². The first-order valence-corrected chi connectivity index (χ1v) is 9.15. The number of nitrogens with one attached hydrogen (secondary N) is 1. The third-order valence-electron chi connectivity index (χ3n) is 3.86. The second-order valence-electron chi connectivity index (χ2n) is 5.65. The van der Waals surface area contributed by atoms with Gasteiger partial charge in [0, 0.05) is 22.1 Å². The summed E-state index contributed by atoms with van der Waals surface area (Å²) in [6.07, 6.45) is 0. The van der Waals surface area contributed by atoms with Gasteiger partial charge >= 0.3 is 0 Å². The predicted octanol–water partition coefficient (Wildman–Crippen LogP) is 4.00. The van der Waals surface area contributed by atoms with Crippen LogP contribution < -0.4 is 5.32 Å². The van der Waals surface area contributed by atoms with Crippen molar-refractivity contribution >= 4 is 34.2 Å². The summed E-state index contributed by atoms with van der Waals surface area (Å²) in [4.78, 5) is 16.6. The van der Waals surface area contributed by atoms with E-state index in [-0.39, 0.29) is 5.91 Å². The van der Waals surface area contributed by atoms with Gasteiger partial charge < -0.3 is 0 Å². The molecule has 1 N–H and O–H groups in total. The summed E-state index contributed by atoms with van der Waals surface area (Å²) in [6, 6.07) is 16.3. The molecule has 2 aromatic carbocycles. The second kappa shape index (κ2) is 7.26. The number of carbonyl (C=O) groups excluding carboxylic acids is 1. The van der Waals surface area contributed by atoms with Crippen LogP contribution in [0.2, 0.25) is 5.02 Å². The van der Waals surface area contributed by atoms with Crippen LogP contribution in [0.3, 0.4) is 0 Å². The molecule has 0 spiro atoms. The lowest BCUT2D eigenvalue weighted by molar-refractivity contribution is 0.102. The van der Waals surface area contributed by atoms with E-state index in [1.807, 2.05) is 37.3 Å². The molecule has 9 heteroatoms. The zero-order valence-corrected chi connectivity index (χ0v) is 15.7. The van der Waals surface area contributed by atoms with E-state index < -0.39 is 0 Å². The standard InChI is InChI=1S/C18H13ClN6OS/c1-11-15(22-24-25(11)14-5-3-2-4-6-14)16-20-18(27-23-16)21-17(26)12-7-9-13(19)10-8-12/h2-10H,1H3,(H,20,21,23,26). The molecule has 0 saturated heterocycles. The molecule has 1 amide bonds. The Balaban J connectivity index is 1.55. The van der Waals surface area contributed by atoms with E-state index in [1.165, 1.54) is 0 Å². The molecule has 0 aliphatic carbocycles. The molecule has 0 saturated carbocycles. The molecule has 27 heavy (non-hydrogen) atoms. The number of halogens is 1. The monoisotopic (exact) mass is 396 g/mol. The molecule has 2 aromatic heterocycles. The van der Waals surface area contributed by atoms with E-state index in [4.69, 9.17) is 11.6 Å². The quantitative estimate of drug-likeness (QED) is 0.563. The number of nitrogens with zero attached hydrogens (tertiary/aromatic N) is 5. The van der Waals surface area contributed by atoms with Crippen molar-refractivity contribution in [2.75, 3.05) is 5.32 Å². The number of amides is 1. The molecule has 0 unspecified atom stereocenters. The average molecular weight is 397 g/mol. The zero-order chi connectivity index (χ0) is 18.8. The number of rotatable bonds is 4. The Hall–Kier alpha value is -3.10. The largest absolute Gasteiger partial charge is 0.297 e. The summed E-state index contributed by atoms with van der Waals surface area (Å²) in [7, 11) is 0. The van der Waals surface area contributed by atoms with Crippen LogP contribution in [0.4, 0.5) is 5.13 Å². The van der Waals surface area contributed by atoms with E-state index in [0.717, 1.165) is 22.9 Å². The smallest absolute Gasteiger partial charge is 0.257 e. The van der Waals surface area contributed by atoms with Crippen molar-refractivity contribution in [3.8, 4) is 17.2 Å². The minimum Gasteiger partial charge on any atom is -0.297 e. The van der Waals surface area contributed by atoms with Crippen LogP contribution in [0.5, 0.6) is 0 Å². The molecule has 0 aliphatic rings. The number of para-hydroxylation sites is 1. The van der Waals surface area contributed by atoms with Crippen LogP contribution >= 0.6 is 23.1 Å². The van der Waals surface area contributed by atoms with Crippen molar-refractivity contribution in [3.63, 3.8) is 0 Å². The Morgan fingerprint density at radius 1 is 1.11 bits per heavy atom. The lowest BCUT2D eigenvalue weighted by Gasteiger charge is -2.02. The molecule has 0 aliphatic heterocycles. The average Bonchev–Trinajstić information content (AvgIpc) is 3.29. The van der Waals surface area contributed by atoms with Crippen molar-refractivity contribution in [2.45, 2.75) is 6.92 Å². The first kappa shape index (κ1) is 17.3. The molecule has 2 heterocycles. The third kappa shape index (κ3) is 3.57. The molecule has 0 atom stereocenters. The van der Waals surface area contributed by atoms with Gasteiger partial charge in [-0.15, -0.1) is 5.10 Å². The lowest BCUT2D eigenvalue weighted by Crippen LogP contribution is -2.11. The Morgan fingerprint density at radius 3 is 2.59 bits per heavy atom. The van der Waals surface area contributed by atoms with E-state index in [1.54, 1.807) is 28.9 Å². The summed E-state index contributed by atoms with van der Waals surface area (Å²) >= 11 is 6.93. The number of anilines is 1. The first-order chi connectivity index (χ1) is 13.1. The highest BCUT2D eigenvalue weighted by molar-refractivity contribution is 7.10. The minimum atomic E-state index is -0.279. The van der Waals surface area contributed by atoms with Crippen LogP contribution in [0.15, 0.2) is 54.6 Å². The van der Waals surface area contributed by atoms with Crippen molar-refractivity contribution < 1.29 is 4.79 Å². The molecule has 4 rings (SSSR count). The Morgan fingerprint density at radius 2 is 1.85 bits per heavy atom. The minimum absolute atomic E-state index is 0.279. The normalized spacial score (nSPS) is 10.7. The fourth-order valence-corrected chi connectivity index (χ4v) is 3.18. The number of carbonyl (C=O) groups is 1. The van der Waals surface area contributed by atoms with E-state index in [9.17, 15) is 4.79 Å². The fraction of sp³-hybridized carbons (Fsp3) is 0.0556. The Bertz CT molecular complexity index is 1090. The molecule has 7 nitrogen and oxygen atoms in total. The molecule has 0 bridgehead atoms.